The van der Waals surface area contributed by atoms with E-state index in [1.165, 1.54) is 0 Å². The van der Waals surface area contributed by atoms with Crippen molar-refractivity contribution in [2.45, 2.75) is 0 Å². The molecular formula is CH3AlCaO5+2. The van der Waals surface area contributed by atoms with Crippen LogP contribution < -0.4 is 10.2 Å². The summed E-state index contributed by atoms with van der Waals surface area (Å²) in [6.45, 7) is 0. The maximum absolute atomic E-state index is 8.33. The summed E-state index contributed by atoms with van der Waals surface area (Å²) in [5, 5.41) is 16.7. The average Bonchev–Trinajstić information content (AvgIpc) is 0.811. The first-order chi connectivity index (χ1) is 1.73. The Morgan fingerprint density at radius 2 is 1.25 bits per heavy atom. The maximum atomic E-state index is 8.33. The van der Waals surface area contributed by atoms with Gasteiger partial charge in [0, 0.05) is 0 Å². The first-order valence-electron chi connectivity index (χ1n) is 0.612. The standard InChI is InChI=1S/CH2O3.Al.Ca.2H2O/c2-1(3)4;;;;/h(H2,2,3,4);;;2*1H2/q;+3;+2;;/p-3. The van der Waals surface area contributed by atoms with Gasteiger partial charge in [0.25, 0.3) is 0 Å². The van der Waals surface area contributed by atoms with Crippen LogP contribution in [0.3, 0.4) is 0 Å². The van der Waals surface area contributed by atoms with Crippen LogP contribution >= 0.6 is 0 Å². The van der Waals surface area contributed by atoms with Crippen molar-refractivity contribution in [3.05, 3.63) is 0 Å². The van der Waals surface area contributed by atoms with E-state index in [1.807, 2.05) is 0 Å². The van der Waals surface area contributed by atoms with Crippen molar-refractivity contribution < 1.29 is 26.0 Å². The molecule has 0 aliphatic carbocycles. The van der Waals surface area contributed by atoms with Crippen molar-refractivity contribution >= 4 is 61.3 Å². The Bertz CT molecular complexity index is 35.4. The molecule has 0 aromatic rings. The van der Waals surface area contributed by atoms with Gasteiger partial charge in [-0.05, 0) is 6.16 Å². The second-order valence-electron chi connectivity index (χ2n) is 0.250. The zero-order chi connectivity index (χ0) is 3.58. The van der Waals surface area contributed by atoms with E-state index in [4.69, 9.17) is 15.0 Å². The molecule has 0 saturated carbocycles. The molecule has 0 bridgehead atoms. The van der Waals surface area contributed by atoms with Crippen LogP contribution in [-0.2, 0) is 0 Å². The molecule has 7 heteroatoms. The summed E-state index contributed by atoms with van der Waals surface area (Å²) in [7, 11) is 0. The van der Waals surface area contributed by atoms with Gasteiger partial charge in [0.15, 0.2) is 0 Å². The Kier molecular flexibility index (Phi) is 111. The molecule has 5 nitrogen and oxygen atoms in total. The zero-order valence-electron chi connectivity index (χ0n) is 3.96. The number of carbonyl (C=O) groups excluding carboxylic acids is 1. The van der Waals surface area contributed by atoms with Gasteiger partial charge in [0.05, 0.1) is 0 Å². The Labute approximate surface area is 86.4 Å². The minimum atomic E-state index is -2.33. The topological polar surface area (TPSA) is 125 Å². The Hall–Kier alpha value is 0.982. The van der Waals surface area contributed by atoms with Crippen molar-refractivity contribution in [3.63, 3.8) is 0 Å². The van der Waals surface area contributed by atoms with Gasteiger partial charge in [-0.15, -0.1) is 0 Å². The Balaban J connectivity index is -0.00000000750. The predicted octanol–water partition coefficient (Wildman–Crippen LogP) is -4.21. The third kappa shape index (κ3) is 259. The second-order valence-corrected chi connectivity index (χ2v) is 0.250. The molecule has 0 radical (unpaired) electrons. The number of carbonyl (C=O) groups is 1. The number of carboxylic acid groups (broad SMARTS) is 2. The summed E-state index contributed by atoms with van der Waals surface area (Å²) < 4.78 is 0. The minimum Gasteiger partial charge on any atom is -0.870 e. The molecule has 0 unspecified atom stereocenters. The van der Waals surface area contributed by atoms with Gasteiger partial charge in [0.1, 0.15) is 0 Å². The number of hydrogen-bond acceptors (Lipinski definition) is 4. The number of rotatable bonds is 0. The van der Waals surface area contributed by atoms with Crippen LogP contribution in [0.15, 0.2) is 0 Å². The van der Waals surface area contributed by atoms with Gasteiger partial charge in [-0.2, -0.15) is 0 Å². The Morgan fingerprint density at radius 1 is 1.25 bits per heavy atom. The van der Waals surface area contributed by atoms with Crippen molar-refractivity contribution in [1.29, 1.82) is 0 Å². The normalized spacial score (nSPS) is 3.00. The van der Waals surface area contributed by atoms with Crippen LogP contribution in [0.25, 0.3) is 0 Å². The van der Waals surface area contributed by atoms with E-state index in [9.17, 15) is 0 Å². The predicted molar refractivity (Wildman–Crippen MR) is 22.5 cm³/mol. The van der Waals surface area contributed by atoms with Crippen molar-refractivity contribution in [2.24, 2.45) is 0 Å². The van der Waals surface area contributed by atoms with E-state index in [0.717, 1.165) is 0 Å². The van der Waals surface area contributed by atoms with Gasteiger partial charge >= 0.3 is 55.1 Å². The monoisotopic (exact) mass is 162 g/mol. The first kappa shape index (κ1) is 36.1. The molecule has 0 fully saturated rings. The van der Waals surface area contributed by atoms with Crippen molar-refractivity contribution in [2.75, 3.05) is 0 Å². The van der Waals surface area contributed by atoms with Gasteiger partial charge in [-0.3, -0.25) is 0 Å². The van der Waals surface area contributed by atoms with E-state index in [2.05, 4.69) is 0 Å². The van der Waals surface area contributed by atoms with E-state index in [-0.39, 0.29) is 66.1 Å². The van der Waals surface area contributed by atoms with Gasteiger partial charge in [-0.1, -0.05) is 0 Å². The molecule has 0 aliphatic heterocycles. The third-order valence-corrected chi connectivity index (χ3v) is 0. The van der Waals surface area contributed by atoms with Crippen LogP contribution in [-0.4, -0.2) is 72.2 Å². The van der Waals surface area contributed by atoms with Crippen LogP contribution in [0.4, 0.5) is 4.79 Å². The Morgan fingerprint density at radius 3 is 1.25 bits per heavy atom. The summed E-state index contributed by atoms with van der Waals surface area (Å²) >= 11 is 0. The summed E-state index contributed by atoms with van der Waals surface area (Å²) in [4.78, 5) is 8.33. The quantitative estimate of drug-likeness (QED) is 0.334. The molecule has 0 rings (SSSR count). The van der Waals surface area contributed by atoms with Crippen LogP contribution in [0, 0.1) is 0 Å². The molecule has 0 aromatic carbocycles. The second kappa shape index (κ2) is 24.5. The summed E-state index contributed by atoms with van der Waals surface area (Å²) in [5.74, 6) is 0. The van der Waals surface area contributed by atoms with Crippen molar-refractivity contribution in [3.8, 4) is 0 Å². The summed E-state index contributed by atoms with van der Waals surface area (Å²) in [6.07, 6.45) is -2.33. The first-order valence-corrected chi connectivity index (χ1v) is 0.612. The molecule has 0 heterocycles. The molecule has 0 aliphatic rings. The van der Waals surface area contributed by atoms with Gasteiger partial charge in [0.2, 0.25) is 0 Å². The third-order valence-electron chi connectivity index (χ3n) is 0. The molecule has 0 atom stereocenters. The fourth-order valence-corrected chi connectivity index (χ4v) is 0. The largest absolute Gasteiger partial charge is 3.00 e. The molecule has 8 heavy (non-hydrogen) atoms. The molecule has 0 amide bonds. The summed E-state index contributed by atoms with van der Waals surface area (Å²) in [5.41, 5.74) is 0. The maximum Gasteiger partial charge on any atom is 3.00 e. The zero-order valence-corrected chi connectivity index (χ0v) is 7.32. The number of hydrogen-bond donors (Lipinski definition) is 0. The van der Waals surface area contributed by atoms with E-state index < -0.39 is 6.16 Å². The molecule has 3 N–H and O–H groups in total. The summed E-state index contributed by atoms with van der Waals surface area (Å²) in [6, 6.07) is 0. The fraction of sp³-hybridized carbons (Fsp3) is 0. The van der Waals surface area contributed by atoms with Crippen LogP contribution in [0.2, 0.25) is 0 Å². The minimum absolute atomic E-state index is 0. The van der Waals surface area contributed by atoms with Crippen LogP contribution in [0.5, 0.6) is 0 Å². The van der Waals surface area contributed by atoms with E-state index in [0.29, 0.717) is 0 Å². The smallest absolute Gasteiger partial charge is 0.870 e. The average molecular weight is 162 g/mol. The van der Waals surface area contributed by atoms with Gasteiger partial charge < -0.3 is 26.0 Å². The fourth-order valence-electron chi connectivity index (χ4n) is 0. The van der Waals surface area contributed by atoms with E-state index >= 15 is 0 Å². The molecule has 0 saturated heterocycles. The van der Waals surface area contributed by atoms with E-state index in [1.54, 1.807) is 0 Å². The molecule has 0 aromatic heterocycles. The van der Waals surface area contributed by atoms with Crippen molar-refractivity contribution in [1.82, 2.24) is 0 Å². The SMILES string of the molecule is O.O=C([O-])[O-].[Al+3].[Ca+2].[OH-]. The molecule has 40 valence electrons. The van der Waals surface area contributed by atoms with Crippen LogP contribution in [0.1, 0.15) is 0 Å². The molecular weight excluding hydrogens is 159 g/mol. The van der Waals surface area contributed by atoms with Gasteiger partial charge in [-0.25, -0.2) is 0 Å². The molecule has 0 spiro atoms.